The first-order chi connectivity index (χ1) is 15.4. The van der Waals surface area contributed by atoms with Crippen LogP contribution in [-0.2, 0) is 15.9 Å². The maximum atomic E-state index is 5.81. The van der Waals surface area contributed by atoms with Gasteiger partial charge in [-0.2, -0.15) is 0 Å². The van der Waals surface area contributed by atoms with Crippen LogP contribution in [-0.4, -0.2) is 19.5 Å². The van der Waals surface area contributed by atoms with E-state index in [2.05, 4.69) is 78.9 Å². The molecule has 0 N–H and O–H groups in total. The molecule has 1 saturated heterocycles. The Morgan fingerprint density at radius 2 is 1.26 bits per heavy atom. The summed E-state index contributed by atoms with van der Waals surface area (Å²) < 4.78 is 11.4. The zero-order chi connectivity index (χ0) is 21.1. The number of hydrogen-bond acceptors (Lipinski definition) is 2. The molecule has 4 rings (SSSR count). The van der Waals surface area contributed by atoms with Crippen LogP contribution in [0, 0.1) is 0 Å². The lowest BCUT2D eigenvalue weighted by Crippen LogP contribution is -2.22. The molecule has 1 atom stereocenters. The SMILES string of the molecule is c1ccc(-c2ccc(-c3ccc(CCCCCCOC4CCCCO4)cc3)cc2)cc1. The zero-order valence-corrected chi connectivity index (χ0v) is 18.5. The minimum atomic E-state index is 0.0572. The van der Waals surface area contributed by atoms with E-state index in [1.165, 1.54) is 59.9 Å². The smallest absolute Gasteiger partial charge is 0.157 e. The van der Waals surface area contributed by atoms with Crippen LogP contribution in [0.25, 0.3) is 22.3 Å². The second-order valence-corrected chi connectivity index (χ2v) is 8.47. The van der Waals surface area contributed by atoms with Crippen molar-refractivity contribution < 1.29 is 9.47 Å². The molecule has 3 aromatic rings. The van der Waals surface area contributed by atoms with Gasteiger partial charge in [0.25, 0.3) is 0 Å². The lowest BCUT2D eigenvalue weighted by molar-refractivity contribution is -0.162. The summed E-state index contributed by atoms with van der Waals surface area (Å²) in [4.78, 5) is 0. The summed E-state index contributed by atoms with van der Waals surface area (Å²) in [5.74, 6) is 0. The van der Waals surface area contributed by atoms with Crippen LogP contribution in [0.15, 0.2) is 78.9 Å². The molecule has 1 heterocycles. The second kappa shape index (κ2) is 11.8. The van der Waals surface area contributed by atoms with Crippen LogP contribution in [0.5, 0.6) is 0 Å². The molecule has 1 unspecified atom stereocenters. The highest BCUT2D eigenvalue weighted by atomic mass is 16.7. The average molecular weight is 415 g/mol. The van der Waals surface area contributed by atoms with Gasteiger partial charge in [-0.3, -0.25) is 0 Å². The molecule has 0 radical (unpaired) electrons. The fraction of sp³-hybridized carbons (Fsp3) is 0.379. The van der Waals surface area contributed by atoms with E-state index in [-0.39, 0.29) is 6.29 Å². The van der Waals surface area contributed by atoms with Crippen molar-refractivity contribution in [2.75, 3.05) is 13.2 Å². The molecule has 1 aliphatic heterocycles. The van der Waals surface area contributed by atoms with Gasteiger partial charge in [-0.1, -0.05) is 91.7 Å². The predicted molar refractivity (Wildman–Crippen MR) is 129 cm³/mol. The molecule has 1 aliphatic rings. The van der Waals surface area contributed by atoms with Crippen LogP contribution >= 0.6 is 0 Å². The Hall–Kier alpha value is -2.42. The zero-order valence-electron chi connectivity index (χ0n) is 18.5. The van der Waals surface area contributed by atoms with Crippen molar-refractivity contribution in [1.82, 2.24) is 0 Å². The normalized spacial score (nSPS) is 16.3. The highest BCUT2D eigenvalue weighted by Crippen LogP contribution is 2.25. The Bertz CT molecular complexity index is 878. The lowest BCUT2D eigenvalue weighted by Gasteiger charge is -2.22. The number of rotatable bonds is 10. The first-order valence-corrected chi connectivity index (χ1v) is 11.9. The van der Waals surface area contributed by atoms with E-state index in [4.69, 9.17) is 9.47 Å². The van der Waals surface area contributed by atoms with E-state index in [0.717, 1.165) is 32.5 Å². The van der Waals surface area contributed by atoms with Gasteiger partial charge in [-0.15, -0.1) is 0 Å². The number of aryl methyl sites for hydroxylation is 1. The second-order valence-electron chi connectivity index (χ2n) is 8.47. The Morgan fingerprint density at radius 3 is 1.90 bits per heavy atom. The standard InChI is InChI=1S/C29H34O2/c1(2-8-22-30-29-13-7-9-23-31-29)4-10-24-14-16-26(17-15-24)28-20-18-27(19-21-28)25-11-5-3-6-12-25/h3,5-6,11-12,14-21,29H,1-2,4,7-10,13,22-23H2. The summed E-state index contributed by atoms with van der Waals surface area (Å²) >= 11 is 0. The van der Waals surface area contributed by atoms with Gasteiger partial charge in [0.1, 0.15) is 0 Å². The quantitative estimate of drug-likeness (QED) is 0.317. The summed E-state index contributed by atoms with van der Waals surface area (Å²) in [6.45, 7) is 1.70. The highest BCUT2D eigenvalue weighted by molar-refractivity contribution is 5.70. The fourth-order valence-corrected chi connectivity index (χ4v) is 4.19. The first kappa shape index (κ1) is 21.8. The summed E-state index contributed by atoms with van der Waals surface area (Å²) in [5, 5.41) is 0. The van der Waals surface area contributed by atoms with Gasteiger partial charge in [0.2, 0.25) is 0 Å². The van der Waals surface area contributed by atoms with Crippen LogP contribution in [0.2, 0.25) is 0 Å². The van der Waals surface area contributed by atoms with Crippen molar-refractivity contribution in [2.24, 2.45) is 0 Å². The largest absolute Gasteiger partial charge is 0.353 e. The van der Waals surface area contributed by atoms with Gasteiger partial charge in [0, 0.05) is 13.2 Å². The van der Waals surface area contributed by atoms with Gasteiger partial charge in [-0.25, -0.2) is 0 Å². The topological polar surface area (TPSA) is 18.5 Å². The third kappa shape index (κ3) is 6.78. The molecule has 0 aliphatic carbocycles. The van der Waals surface area contributed by atoms with Crippen molar-refractivity contribution in [3.05, 3.63) is 84.4 Å². The monoisotopic (exact) mass is 414 g/mol. The molecule has 2 heteroatoms. The molecule has 3 aromatic carbocycles. The van der Waals surface area contributed by atoms with Gasteiger partial charge in [0.05, 0.1) is 0 Å². The molecule has 31 heavy (non-hydrogen) atoms. The van der Waals surface area contributed by atoms with E-state index >= 15 is 0 Å². The molecular formula is C29H34O2. The molecule has 0 aromatic heterocycles. The minimum absolute atomic E-state index is 0.0572. The molecule has 2 nitrogen and oxygen atoms in total. The van der Waals surface area contributed by atoms with Crippen molar-refractivity contribution in [3.63, 3.8) is 0 Å². The summed E-state index contributed by atoms with van der Waals surface area (Å²) in [7, 11) is 0. The van der Waals surface area contributed by atoms with E-state index in [0.29, 0.717) is 0 Å². The Balaban J connectivity index is 1.16. The van der Waals surface area contributed by atoms with Gasteiger partial charge >= 0.3 is 0 Å². The summed E-state index contributed by atoms with van der Waals surface area (Å²) in [6.07, 6.45) is 9.57. The van der Waals surface area contributed by atoms with Crippen molar-refractivity contribution in [2.45, 2.75) is 57.7 Å². The van der Waals surface area contributed by atoms with E-state index in [9.17, 15) is 0 Å². The summed E-state index contributed by atoms with van der Waals surface area (Å²) in [5.41, 5.74) is 6.51. The summed E-state index contributed by atoms with van der Waals surface area (Å²) in [6, 6.07) is 28.5. The predicted octanol–water partition coefficient (Wildman–Crippen LogP) is 7.67. The molecule has 1 fully saturated rings. The molecule has 0 spiro atoms. The Labute approximate surface area is 187 Å². The lowest BCUT2D eigenvalue weighted by atomic mass is 9.98. The Morgan fingerprint density at radius 1 is 0.645 bits per heavy atom. The van der Waals surface area contributed by atoms with Crippen molar-refractivity contribution in [1.29, 1.82) is 0 Å². The van der Waals surface area contributed by atoms with Crippen molar-refractivity contribution in [3.8, 4) is 22.3 Å². The van der Waals surface area contributed by atoms with Gasteiger partial charge < -0.3 is 9.47 Å². The third-order valence-corrected chi connectivity index (χ3v) is 6.08. The number of hydrogen-bond donors (Lipinski definition) is 0. The number of unbranched alkanes of at least 4 members (excludes halogenated alkanes) is 3. The number of ether oxygens (including phenoxy) is 2. The molecular weight excluding hydrogens is 380 g/mol. The van der Waals surface area contributed by atoms with E-state index in [1.54, 1.807) is 0 Å². The van der Waals surface area contributed by atoms with E-state index in [1.807, 2.05) is 0 Å². The maximum Gasteiger partial charge on any atom is 0.157 e. The minimum Gasteiger partial charge on any atom is -0.353 e. The Kier molecular flexibility index (Phi) is 8.32. The molecule has 162 valence electrons. The fourth-order valence-electron chi connectivity index (χ4n) is 4.19. The number of benzene rings is 3. The van der Waals surface area contributed by atoms with Gasteiger partial charge in [-0.05, 0) is 66.3 Å². The van der Waals surface area contributed by atoms with Gasteiger partial charge in [0.15, 0.2) is 6.29 Å². The molecule has 0 saturated carbocycles. The third-order valence-electron chi connectivity index (χ3n) is 6.08. The maximum absolute atomic E-state index is 5.81. The van der Waals surface area contributed by atoms with Crippen LogP contribution in [0.4, 0.5) is 0 Å². The average Bonchev–Trinajstić information content (AvgIpc) is 2.85. The van der Waals surface area contributed by atoms with Crippen LogP contribution in [0.3, 0.4) is 0 Å². The van der Waals surface area contributed by atoms with E-state index < -0.39 is 0 Å². The molecule has 0 amide bonds. The molecule has 0 bridgehead atoms. The first-order valence-electron chi connectivity index (χ1n) is 11.9. The van der Waals surface area contributed by atoms with Crippen molar-refractivity contribution >= 4 is 0 Å². The van der Waals surface area contributed by atoms with Crippen LogP contribution in [0.1, 0.15) is 50.5 Å². The van der Waals surface area contributed by atoms with Crippen LogP contribution < -0.4 is 0 Å². The highest BCUT2D eigenvalue weighted by Gasteiger charge is 2.13.